The predicted octanol–water partition coefficient (Wildman–Crippen LogP) is 1.99. The molecule has 0 aromatic heterocycles. The Labute approximate surface area is 75.7 Å². The standard InChI is InChI=1S/C10H21NO/c1-9(2)6-8-11-7-4-5-10(3)12/h9,11H,4-8H2,1-3H3. The van der Waals surface area contributed by atoms with Crippen LogP contribution in [0.4, 0.5) is 0 Å². The number of ketones is 1. The van der Waals surface area contributed by atoms with E-state index in [1.54, 1.807) is 6.92 Å². The van der Waals surface area contributed by atoms with E-state index >= 15 is 0 Å². The number of carbonyl (C=O) groups is 1. The molecule has 0 aliphatic carbocycles. The minimum absolute atomic E-state index is 0.292. The summed E-state index contributed by atoms with van der Waals surface area (Å²) < 4.78 is 0. The smallest absolute Gasteiger partial charge is 0.129 e. The van der Waals surface area contributed by atoms with Crippen LogP contribution in [-0.2, 0) is 4.79 Å². The summed E-state index contributed by atoms with van der Waals surface area (Å²) in [6, 6.07) is 0. The Morgan fingerprint density at radius 3 is 2.50 bits per heavy atom. The molecule has 0 saturated heterocycles. The Bertz CT molecular complexity index is 121. The molecule has 0 amide bonds. The minimum atomic E-state index is 0.292. The molecule has 1 N–H and O–H groups in total. The molecule has 0 aromatic rings. The maximum Gasteiger partial charge on any atom is 0.129 e. The van der Waals surface area contributed by atoms with Gasteiger partial charge in [-0.2, -0.15) is 0 Å². The van der Waals surface area contributed by atoms with Crippen LogP contribution in [0.15, 0.2) is 0 Å². The Hall–Kier alpha value is -0.370. The third-order valence-corrected chi connectivity index (χ3v) is 1.78. The van der Waals surface area contributed by atoms with E-state index in [1.165, 1.54) is 6.42 Å². The quantitative estimate of drug-likeness (QED) is 0.593. The largest absolute Gasteiger partial charge is 0.317 e. The van der Waals surface area contributed by atoms with Gasteiger partial charge in [-0.25, -0.2) is 0 Å². The van der Waals surface area contributed by atoms with Gasteiger partial charge in [0.15, 0.2) is 0 Å². The van der Waals surface area contributed by atoms with Gasteiger partial charge >= 0.3 is 0 Å². The lowest BCUT2D eigenvalue weighted by Crippen LogP contribution is -2.18. The van der Waals surface area contributed by atoms with Gasteiger partial charge < -0.3 is 10.1 Å². The van der Waals surface area contributed by atoms with E-state index in [0.717, 1.165) is 25.4 Å². The third-order valence-electron chi connectivity index (χ3n) is 1.78. The van der Waals surface area contributed by atoms with E-state index in [4.69, 9.17) is 0 Å². The number of Topliss-reactive ketones (excluding diaryl/α,β-unsaturated/α-hetero) is 1. The average Bonchev–Trinajstić information content (AvgIpc) is 1.95. The maximum atomic E-state index is 10.6. The SMILES string of the molecule is CC(=O)CCCNCCC(C)C. The third kappa shape index (κ3) is 9.63. The Morgan fingerprint density at radius 1 is 1.33 bits per heavy atom. The van der Waals surface area contributed by atoms with Crippen molar-refractivity contribution in [3.05, 3.63) is 0 Å². The van der Waals surface area contributed by atoms with E-state index in [0.29, 0.717) is 12.2 Å². The van der Waals surface area contributed by atoms with Crippen LogP contribution < -0.4 is 5.32 Å². The zero-order valence-electron chi connectivity index (χ0n) is 8.52. The highest BCUT2D eigenvalue weighted by molar-refractivity contribution is 5.75. The summed E-state index contributed by atoms with van der Waals surface area (Å²) in [7, 11) is 0. The first kappa shape index (κ1) is 11.6. The molecule has 0 fully saturated rings. The number of hydrogen-bond acceptors (Lipinski definition) is 2. The van der Waals surface area contributed by atoms with E-state index in [2.05, 4.69) is 19.2 Å². The molecule has 2 nitrogen and oxygen atoms in total. The first-order valence-corrected chi connectivity index (χ1v) is 4.83. The van der Waals surface area contributed by atoms with Gasteiger partial charge in [0.2, 0.25) is 0 Å². The zero-order chi connectivity index (χ0) is 9.40. The molecule has 72 valence electrons. The summed E-state index contributed by atoms with van der Waals surface area (Å²) in [5.74, 6) is 1.06. The highest BCUT2D eigenvalue weighted by atomic mass is 16.1. The molecular weight excluding hydrogens is 150 g/mol. The molecule has 0 aliphatic rings. The second-order valence-electron chi connectivity index (χ2n) is 3.74. The van der Waals surface area contributed by atoms with Crippen LogP contribution in [0.1, 0.15) is 40.0 Å². The summed E-state index contributed by atoms with van der Waals surface area (Å²) in [6.07, 6.45) is 2.92. The van der Waals surface area contributed by atoms with Crippen LogP contribution in [0.5, 0.6) is 0 Å². The number of nitrogens with one attached hydrogen (secondary N) is 1. The Balaban J connectivity index is 2.96. The molecule has 0 heterocycles. The maximum absolute atomic E-state index is 10.6. The Morgan fingerprint density at radius 2 is 2.00 bits per heavy atom. The molecule has 0 spiro atoms. The highest BCUT2D eigenvalue weighted by Gasteiger charge is 1.94. The van der Waals surface area contributed by atoms with Crippen LogP contribution >= 0.6 is 0 Å². The Kier molecular flexibility index (Phi) is 7.06. The summed E-state index contributed by atoms with van der Waals surface area (Å²) in [6.45, 7) is 8.14. The first-order valence-electron chi connectivity index (χ1n) is 4.83. The van der Waals surface area contributed by atoms with Gasteiger partial charge in [0, 0.05) is 6.42 Å². The van der Waals surface area contributed by atoms with Crippen molar-refractivity contribution in [1.29, 1.82) is 0 Å². The lowest BCUT2D eigenvalue weighted by molar-refractivity contribution is -0.117. The van der Waals surface area contributed by atoms with Crippen molar-refractivity contribution in [1.82, 2.24) is 5.32 Å². The molecule has 0 unspecified atom stereocenters. The molecule has 0 rings (SSSR count). The van der Waals surface area contributed by atoms with Crippen molar-refractivity contribution in [3.63, 3.8) is 0 Å². The summed E-state index contributed by atoms with van der Waals surface area (Å²) in [5, 5.41) is 3.32. The monoisotopic (exact) mass is 171 g/mol. The van der Waals surface area contributed by atoms with Gasteiger partial charge in [-0.1, -0.05) is 13.8 Å². The second kappa shape index (κ2) is 7.29. The van der Waals surface area contributed by atoms with Crippen molar-refractivity contribution in [2.24, 2.45) is 5.92 Å². The van der Waals surface area contributed by atoms with Gasteiger partial charge in [-0.05, 0) is 38.8 Å². The van der Waals surface area contributed by atoms with Gasteiger partial charge in [-0.3, -0.25) is 0 Å². The lowest BCUT2D eigenvalue weighted by Gasteiger charge is -2.05. The molecule has 0 saturated carbocycles. The second-order valence-corrected chi connectivity index (χ2v) is 3.74. The fourth-order valence-corrected chi connectivity index (χ4v) is 0.978. The van der Waals surface area contributed by atoms with Gasteiger partial charge in [0.25, 0.3) is 0 Å². The topological polar surface area (TPSA) is 29.1 Å². The highest BCUT2D eigenvalue weighted by Crippen LogP contribution is 1.96. The van der Waals surface area contributed by atoms with E-state index in [1.807, 2.05) is 0 Å². The van der Waals surface area contributed by atoms with Crippen molar-refractivity contribution < 1.29 is 4.79 Å². The average molecular weight is 171 g/mol. The van der Waals surface area contributed by atoms with Crippen LogP contribution in [0.3, 0.4) is 0 Å². The van der Waals surface area contributed by atoms with Crippen molar-refractivity contribution in [2.75, 3.05) is 13.1 Å². The molecular formula is C10H21NO. The summed E-state index contributed by atoms with van der Waals surface area (Å²) in [4.78, 5) is 10.6. The molecule has 0 radical (unpaired) electrons. The number of hydrogen-bond donors (Lipinski definition) is 1. The lowest BCUT2D eigenvalue weighted by atomic mass is 10.1. The minimum Gasteiger partial charge on any atom is -0.317 e. The molecule has 12 heavy (non-hydrogen) atoms. The number of rotatable bonds is 7. The fourth-order valence-electron chi connectivity index (χ4n) is 0.978. The number of carbonyl (C=O) groups excluding carboxylic acids is 1. The first-order chi connectivity index (χ1) is 5.63. The van der Waals surface area contributed by atoms with Crippen molar-refractivity contribution in [3.8, 4) is 0 Å². The van der Waals surface area contributed by atoms with E-state index < -0.39 is 0 Å². The van der Waals surface area contributed by atoms with Gasteiger partial charge in [0.05, 0.1) is 0 Å². The van der Waals surface area contributed by atoms with E-state index in [9.17, 15) is 4.79 Å². The molecule has 0 aliphatic heterocycles. The summed E-state index contributed by atoms with van der Waals surface area (Å²) in [5.41, 5.74) is 0. The van der Waals surface area contributed by atoms with E-state index in [-0.39, 0.29) is 0 Å². The van der Waals surface area contributed by atoms with Crippen LogP contribution in [0.2, 0.25) is 0 Å². The van der Waals surface area contributed by atoms with Crippen molar-refractivity contribution in [2.45, 2.75) is 40.0 Å². The predicted molar refractivity (Wildman–Crippen MR) is 52.2 cm³/mol. The van der Waals surface area contributed by atoms with Crippen LogP contribution in [0, 0.1) is 5.92 Å². The van der Waals surface area contributed by atoms with Crippen molar-refractivity contribution >= 4 is 5.78 Å². The molecule has 0 aromatic carbocycles. The van der Waals surface area contributed by atoms with Crippen LogP contribution in [0.25, 0.3) is 0 Å². The van der Waals surface area contributed by atoms with Gasteiger partial charge in [-0.15, -0.1) is 0 Å². The fraction of sp³-hybridized carbons (Fsp3) is 0.900. The normalized spacial score (nSPS) is 10.7. The molecule has 2 heteroatoms. The zero-order valence-corrected chi connectivity index (χ0v) is 8.52. The van der Waals surface area contributed by atoms with Gasteiger partial charge in [0.1, 0.15) is 5.78 Å². The molecule has 0 atom stereocenters. The van der Waals surface area contributed by atoms with Crippen LogP contribution in [-0.4, -0.2) is 18.9 Å². The molecule has 0 bridgehead atoms. The summed E-state index contributed by atoms with van der Waals surface area (Å²) >= 11 is 0.